The number of furan rings is 1. The molecule has 152 valence electrons. The van der Waals surface area contributed by atoms with Crippen molar-refractivity contribution in [3.05, 3.63) is 24.2 Å². The number of carbonyl (C=O) groups is 2. The van der Waals surface area contributed by atoms with Crippen LogP contribution in [0.2, 0.25) is 0 Å². The molecule has 4 saturated carbocycles. The second kappa shape index (κ2) is 6.93. The van der Waals surface area contributed by atoms with Gasteiger partial charge >= 0.3 is 0 Å². The maximum absolute atomic E-state index is 13.1. The minimum Gasteiger partial charge on any atom is -0.459 e. The second-order valence-corrected chi connectivity index (χ2v) is 10.1. The fraction of sp³-hybridized carbons (Fsp3) is 0.739. The Morgan fingerprint density at radius 2 is 1.86 bits per heavy atom. The zero-order valence-electron chi connectivity index (χ0n) is 16.9. The number of likely N-dealkylation sites (tertiary alicyclic amines) is 1. The topological polar surface area (TPSA) is 62.6 Å². The monoisotopic (exact) mass is 384 g/mol. The Bertz CT molecular complexity index is 706. The molecular weight excluding hydrogens is 352 g/mol. The molecule has 0 spiro atoms. The van der Waals surface area contributed by atoms with Gasteiger partial charge in [0, 0.05) is 19.1 Å². The Morgan fingerprint density at radius 1 is 1.18 bits per heavy atom. The summed E-state index contributed by atoms with van der Waals surface area (Å²) in [5.74, 6) is 2.97. The molecule has 1 aromatic rings. The molecule has 5 fully saturated rings. The molecule has 6 rings (SSSR count). The average molecular weight is 385 g/mol. The third-order valence-electron chi connectivity index (χ3n) is 8.17. The highest BCUT2D eigenvalue weighted by Gasteiger charge is 2.53. The first-order valence-electron chi connectivity index (χ1n) is 11.2. The van der Waals surface area contributed by atoms with Crippen LogP contribution in [0.3, 0.4) is 0 Å². The molecule has 2 atom stereocenters. The molecule has 1 aromatic heterocycles. The maximum Gasteiger partial charge on any atom is 0.289 e. The van der Waals surface area contributed by atoms with E-state index in [4.69, 9.17) is 4.42 Å². The minimum absolute atomic E-state index is 0.100. The van der Waals surface area contributed by atoms with Gasteiger partial charge in [0.2, 0.25) is 5.91 Å². The van der Waals surface area contributed by atoms with E-state index in [1.165, 1.54) is 44.8 Å². The highest BCUT2D eigenvalue weighted by atomic mass is 16.3. The number of piperidine rings is 1. The Labute approximate surface area is 167 Å². The number of hydrogen-bond donors (Lipinski definition) is 1. The first-order chi connectivity index (χ1) is 13.5. The first-order valence-corrected chi connectivity index (χ1v) is 11.2. The van der Waals surface area contributed by atoms with Crippen molar-refractivity contribution in [3.8, 4) is 0 Å². The molecule has 0 unspecified atom stereocenters. The van der Waals surface area contributed by atoms with E-state index in [1.54, 1.807) is 17.0 Å². The predicted molar refractivity (Wildman–Crippen MR) is 106 cm³/mol. The van der Waals surface area contributed by atoms with Crippen molar-refractivity contribution in [1.82, 2.24) is 10.2 Å². The fourth-order valence-corrected chi connectivity index (χ4v) is 7.12. The van der Waals surface area contributed by atoms with Gasteiger partial charge in [0.15, 0.2) is 5.76 Å². The molecule has 1 N–H and O–H groups in total. The molecule has 28 heavy (non-hydrogen) atoms. The molecular formula is C23H32N2O3. The summed E-state index contributed by atoms with van der Waals surface area (Å²) in [4.78, 5) is 27.4. The number of nitrogens with one attached hydrogen (secondary N) is 1. The van der Waals surface area contributed by atoms with Gasteiger partial charge in [-0.1, -0.05) is 0 Å². The molecule has 5 nitrogen and oxygen atoms in total. The number of hydrogen-bond acceptors (Lipinski definition) is 3. The summed E-state index contributed by atoms with van der Waals surface area (Å²) in [5, 5.41) is 3.40. The van der Waals surface area contributed by atoms with Crippen molar-refractivity contribution in [2.75, 3.05) is 13.1 Å². The number of carbonyl (C=O) groups excluding carboxylic acids is 2. The number of nitrogens with zero attached hydrogens (tertiary/aromatic N) is 1. The van der Waals surface area contributed by atoms with Gasteiger partial charge in [-0.05, 0) is 93.6 Å². The first kappa shape index (κ1) is 18.3. The van der Waals surface area contributed by atoms with Crippen molar-refractivity contribution in [3.63, 3.8) is 0 Å². The van der Waals surface area contributed by atoms with E-state index in [-0.39, 0.29) is 23.8 Å². The molecule has 4 bridgehead atoms. The molecule has 1 saturated heterocycles. The van der Waals surface area contributed by atoms with E-state index < -0.39 is 0 Å². The molecule has 2 heterocycles. The molecule has 2 amide bonds. The van der Waals surface area contributed by atoms with Gasteiger partial charge in [-0.2, -0.15) is 0 Å². The van der Waals surface area contributed by atoms with Crippen molar-refractivity contribution >= 4 is 11.8 Å². The molecule has 4 aliphatic carbocycles. The van der Waals surface area contributed by atoms with Gasteiger partial charge in [-0.15, -0.1) is 0 Å². The number of amides is 2. The van der Waals surface area contributed by atoms with E-state index in [9.17, 15) is 9.59 Å². The van der Waals surface area contributed by atoms with Crippen molar-refractivity contribution in [2.24, 2.45) is 29.1 Å². The summed E-state index contributed by atoms with van der Waals surface area (Å²) >= 11 is 0. The average Bonchev–Trinajstić information content (AvgIpc) is 3.21. The van der Waals surface area contributed by atoms with Gasteiger partial charge in [0.1, 0.15) is 0 Å². The van der Waals surface area contributed by atoms with Crippen molar-refractivity contribution in [1.29, 1.82) is 0 Å². The highest BCUT2D eigenvalue weighted by molar-refractivity contribution is 5.92. The summed E-state index contributed by atoms with van der Waals surface area (Å²) < 4.78 is 5.25. The zero-order valence-corrected chi connectivity index (χ0v) is 16.9. The van der Waals surface area contributed by atoms with E-state index in [2.05, 4.69) is 12.2 Å². The third kappa shape index (κ3) is 3.17. The Morgan fingerprint density at radius 3 is 2.46 bits per heavy atom. The summed E-state index contributed by atoms with van der Waals surface area (Å²) in [6.45, 7) is 3.44. The molecule has 0 aromatic carbocycles. The lowest BCUT2D eigenvalue weighted by Gasteiger charge is -2.59. The van der Waals surface area contributed by atoms with Crippen molar-refractivity contribution in [2.45, 2.75) is 64.3 Å². The summed E-state index contributed by atoms with van der Waals surface area (Å²) in [6, 6.07) is 3.67. The van der Waals surface area contributed by atoms with Gasteiger partial charge in [0.05, 0.1) is 12.2 Å². The van der Waals surface area contributed by atoms with Crippen LogP contribution < -0.4 is 5.32 Å². The molecule has 5 aliphatic rings. The second-order valence-electron chi connectivity index (χ2n) is 10.1. The SMILES string of the molecule is C[C@H](NC(=O)[C@H]1CCCN(C(=O)c2ccco2)C1)C12CC3CC(CC(C3)C1)C2. The lowest BCUT2D eigenvalue weighted by Crippen LogP contribution is -2.57. The normalized spacial score (nSPS) is 37.7. The maximum atomic E-state index is 13.1. The summed E-state index contributed by atoms with van der Waals surface area (Å²) in [6.07, 6.45) is 11.4. The van der Waals surface area contributed by atoms with E-state index in [0.29, 0.717) is 24.3 Å². The van der Waals surface area contributed by atoms with Crippen LogP contribution >= 0.6 is 0 Å². The largest absolute Gasteiger partial charge is 0.459 e. The Balaban J connectivity index is 1.22. The van der Waals surface area contributed by atoms with Crippen LogP contribution in [-0.4, -0.2) is 35.8 Å². The zero-order chi connectivity index (χ0) is 19.3. The van der Waals surface area contributed by atoms with E-state index in [0.717, 1.165) is 30.6 Å². The van der Waals surface area contributed by atoms with E-state index in [1.807, 2.05) is 0 Å². The van der Waals surface area contributed by atoms with Gasteiger partial charge < -0.3 is 14.6 Å². The molecule has 1 aliphatic heterocycles. The van der Waals surface area contributed by atoms with E-state index >= 15 is 0 Å². The fourth-order valence-electron chi connectivity index (χ4n) is 7.12. The van der Waals surface area contributed by atoms with Gasteiger partial charge in [-0.3, -0.25) is 9.59 Å². The predicted octanol–water partition coefficient (Wildman–Crippen LogP) is 3.85. The summed E-state index contributed by atoms with van der Waals surface area (Å²) in [5.41, 5.74) is 0.322. The van der Waals surface area contributed by atoms with Gasteiger partial charge in [0.25, 0.3) is 5.91 Å². The van der Waals surface area contributed by atoms with Gasteiger partial charge in [-0.25, -0.2) is 0 Å². The van der Waals surface area contributed by atoms with Crippen LogP contribution in [0.4, 0.5) is 0 Å². The highest BCUT2D eigenvalue weighted by Crippen LogP contribution is 2.61. The quantitative estimate of drug-likeness (QED) is 0.858. The van der Waals surface area contributed by atoms with Crippen LogP contribution in [0.25, 0.3) is 0 Å². The molecule has 5 heteroatoms. The van der Waals surface area contributed by atoms with Crippen molar-refractivity contribution < 1.29 is 14.0 Å². The van der Waals surface area contributed by atoms with Crippen LogP contribution in [0.15, 0.2) is 22.8 Å². The van der Waals surface area contributed by atoms with Crippen LogP contribution in [0, 0.1) is 29.1 Å². The standard InChI is InChI=1S/C23H32N2O3/c1-15(23-11-16-8-17(12-23)10-18(9-16)13-23)24-21(26)19-4-2-6-25(14-19)22(27)20-5-3-7-28-20/h3,5,7,15-19H,2,4,6,8-14H2,1H3,(H,24,26)/t15-,16?,17?,18?,19-,23?/m0/s1. The molecule has 0 radical (unpaired) electrons. The Hall–Kier alpha value is -1.78. The van der Waals surface area contributed by atoms with Crippen LogP contribution in [0.5, 0.6) is 0 Å². The lowest BCUT2D eigenvalue weighted by molar-refractivity contribution is -0.131. The smallest absolute Gasteiger partial charge is 0.289 e. The van der Waals surface area contributed by atoms with Crippen LogP contribution in [0.1, 0.15) is 68.8 Å². The third-order valence-corrected chi connectivity index (χ3v) is 8.17. The van der Waals surface area contributed by atoms with Crippen LogP contribution in [-0.2, 0) is 4.79 Å². The number of rotatable bonds is 4. The minimum atomic E-state index is -0.107. The lowest BCUT2D eigenvalue weighted by atomic mass is 9.48. The Kier molecular flexibility index (Phi) is 4.52. The summed E-state index contributed by atoms with van der Waals surface area (Å²) in [7, 11) is 0.